The van der Waals surface area contributed by atoms with E-state index in [1.165, 1.54) is 11.7 Å². The van der Waals surface area contributed by atoms with Crippen LogP contribution in [-0.2, 0) is 0 Å². The second kappa shape index (κ2) is 4.70. The van der Waals surface area contributed by atoms with Crippen LogP contribution < -0.4 is 16.0 Å². The molecule has 0 amide bonds. The number of aromatic amines is 1. The molecule has 1 aromatic heterocycles. The molecule has 0 aliphatic heterocycles. The Morgan fingerprint density at radius 2 is 1.70 bits per heavy atom. The molecule has 0 unspecified atom stereocenters. The largest absolute Gasteiger partial charge is 0.495 e. The van der Waals surface area contributed by atoms with Crippen LogP contribution in [0.2, 0.25) is 0 Å². The van der Waals surface area contributed by atoms with Crippen LogP contribution in [0.3, 0.4) is 0 Å². The molecule has 0 fully saturated rings. The van der Waals surface area contributed by atoms with Gasteiger partial charge in [0.05, 0.1) is 23.7 Å². The van der Waals surface area contributed by atoms with Gasteiger partial charge >= 0.3 is 5.69 Å². The Balaban J connectivity index is 2.49. The van der Waals surface area contributed by atoms with Crippen molar-refractivity contribution in [3.63, 3.8) is 0 Å². The fraction of sp³-hybridized carbons (Fsp3) is 0.0667. The van der Waals surface area contributed by atoms with E-state index in [1.807, 2.05) is 12.1 Å². The molecule has 0 spiro atoms. The summed E-state index contributed by atoms with van der Waals surface area (Å²) in [6, 6.07) is 14.1. The van der Waals surface area contributed by atoms with Crippen molar-refractivity contribution in [2.45, 2.75) is 0 Å². The summed E-state index contributed by atoms with van der Waals surface area (Å²) in [4.78, 5) is 26.3. The van der Waals surface area contributed by atoms with Crippen LogP contribution in [-0.4, -0.2) is 16.7 Å². The van der Waals surface area contributed by atoms with E-state index < -0.39 is 11.2 Å². The van der Waals surface area contributed by atoms with Crippen LogP contribution in [0.5, 0.6) is 5.75 Å². The molecule has 3 aromatic rings. The summed E-state index contributed by atoms with van der Waals surface area (Å²) in [5, 5.41) is 0.456. The van der Waals surface area contributed by atoms with Gasteiger partial charge in [-0.3, -0.25) is 14.3 Å². The Morgan fingerprint density at radius 1 is 1.00 bits per heavy atom. The van der Waals surface area contributed by atoms with Crippen molar-refractivity contribution in [2.24, 2.45) is 0 Å². The Morgan fingerprint density at radius 3 is 2.50 bits per heavy atom. The van der Waals surface area contributed by atoms with E-state index in [0.29, 0.717) is 22.3 Å². The monoisotopic (exact) mass is 268 g/mol. The number of aromatic nitrogens is 2. The molecule has 0 bridgehead atoms. The molecule has 5 nitrogen and oxygen atoms in total. The summed E-state index contributed by atoms with van der Waals surface area (Å²) in [6.45, 7) is 0. The molecule has 3 rings (SSSR count). The van der Waals surface area contributed by atoms with Crippen molar-refractivity contribution in [3.8, 4) is 11.4 Å². The topological polar surface area (TPSA) is 64.1 Å². The maximum atomic E-state index is 12.2. The van der Waals surface area contributed by atoms with Crippen LogP contribution in [0.1, 0.15) is 0 Å². The van der Waals surface area contributed by atoms with Gasteiger partial charge in [0.15, 0.2) is 0 Å². The van der Waals surface area contributed by atoms with E-state index >= 15 is 0 Å². The van der Waals surface area contributed by atoms with Crippen LogP contribution >= 0.6 is 0 Å². The Bertz CT molecular complexity index is 893. The minimum absolute atomic E-state index is 0.392. The lowest BCUT2D eigenvalue weighted by Gasteiger charge is -2.12. The highest BCUT2D eigenvalue weighted by Gasteiger charge is 2.11. The molecule has 1 heterocycles. The summed E-state index contributed by atoms with van der Waals surface area (Å²) in [7, 11) is 1.54. The Kier molecular flexibility index (Phi) is 2.87. The fourth-order valence-corrected chi connectivity index (χ4v) is 2.24. The first-order valence-electron chi connectivity index (χ1n) is 6.10. The van der Waals surface area contributed by atoms with Gasteiger partial charge in [0.2, 0.25) is 0 Å². The summed E-state index contributed by atoms with van der Waals surface area (Å²) >= 11 is 0. The predicted octanol–water partition coefficient (Wildman–Crippen LogP) is 1.69. The molecule has 100 valence electrons. The van der Waals surface area contributed by atoms with E-state index in [0.717, 1.165) is 0 Å². The van der Waals surface area contributed by atoms with Gasteiger partial charge in [-0.1, -0.05) is 24.3 Å². The molecule has 0 saturated heterocycles. The highest BCUT2D eigenvalue weighted by Crippen LogP contribution is 2.23. The Labute approximate surface area is 114 Å². The van der Waals surface area contributed by atoms with Crippen LogP contribution in [0.15, 0.2) is 58.1 Å². The van der Waals surface area contributed by atoms with E-state index in [2.05, 4.69) is 4.98 Å². The number of nitrogens with one attached hydrogen (secondary N) is 1. The molecular formula is C15H12N2O3. The van der Waals surface area contributed by atoms with Gasteiger partial charge in [0.25, 0.3) is 5.56 Å². The molecule has 2 aromatic carbocycles. The van der Waals surface area contributed by atoms with Gasteiger partial charge < -0.3 is 4.74 Å². The van der Waals surface area contributed by atoms with Crippen molar-refractivity contribution >= 4 is 10.9 Å². The van der Waals surface area contributed by atoms with Gasteiger partial charge in [-0.25, -0.2) is 4.79 Å². The lowest BCUT2D eigenvalue weighted by Crippen LogP contribution is -2.29. The lowest BCUT2D eigenvalue weighted by atomic mass is 10.2. The number of fused-ring (bicyclic) bond motifs is 1. The number of rotatable bonds is 2. The SMILES string of the molecule is COc1ccccc1-n1c(=O)[nH]c(=O)c2ccccc21. The quantitative estimate of drug-likeness (QED) is 0.769. The number of methoxy groups -OCH3 is 1. The van der Waals surface area contributed by atoms with Crippen LogP contribution in [0, 0.1) is 0 Å². The lowest BCUT2D eigenvalue weighted by molar-refractivity contribution is 0.412. The van der Waals surface area contributed by atoms with E-state index in [-0.39, 0.29) is 0 Å². The molecule has 0 aliphatic carbocycles. The highest BCUT2D eigenvalue weighted by molar-refractivity contribution is 5.79. The number of ether oxygens (including phenoxy) is 1. The van der Waals surface area contributed by atoms with Crippen molar-refractivity contribution in [1.82, 2.24) is 9.55 Å². The van der Waals surface area contributed by atoms with Crippen LogP contribution in [0.4, 0.5) is 0 Å². The number of benzene rings is 2. The zero-order valence-electron chi connectivity index (χ0n) is 10.8. The third-order valence-corrected chi connectivity index (χ3v) is 3.14. The number of H-pyrrole nitrogens is 1. The van der Waals surface area contributed by atoms with Gasteiger partial charge in [-0.2, -0.15) is 0 Å². The molecule has 0 saturated carbocycles. The second-order valence-electron chi connectivity index (χ2n) is 4.28. The number of hydrogen-bond donors (Lipinski definition) is 1. The summed E-state index contributed by atoms with van der Waals surface area (Å²) in [5.74, 6) is 0.562. The first kappa shape index (κ1) is 12.2. The zero-order valence-corrected chi connectivity index (χ0v) is 10.8. The first-order valence-corrected chi connectivity index (χ1v) is 6.10. The average molecular weight is 268 g/mol. The standard InChI is InChI=1S/C15H12N2O3/c1-20-13-9-5-4-8-12(13)17-11-7-3-2-6-10(11)14(18)16-15(17)19/h2-9H,1H3,(H,16,18,19). The van der Waals surface area contributed by atoms with Crippen LogP contribution in [0.25, 0.3) is 16.6 Å². The van der Waals surface area contributed by atoms with Crippen molar-refractivity contribution in [3.05, 3.63) is 69.4 Å². The molecule has 0 atom stereocenters. The van der Waals surface area contributed by atoms with Crippen molar-refractivity contribution in [1.29, 1.82) is 0 Å². The van der Waals surface area contributed by atoms with E-state index in [4.69, 9.17) is 4.74 Å². The maximum Gasteiger partial charge on any atom is 0.333 e. The summed E-state index contributed by atoms with van der Waals surface area (Å²) in [5.41, 5.74) is 0.258. The average Bonchev–Trinajstić information content (AvgIpc) is 2.48. The van der Waals surface area contributed by atoms with E-state index in [1.54, 1.807) is 36.4 Å². The smallest absolute Gasteiger partial charge is 0.333 e. The minimum atomic E-state index is -0.488. The maximum absolute atomic E-state index is 12.2. The summed E-state index contributed by atoms with van der Waals surface area (Å²) < 4.78 is 6.72. The number of nitrogens with zero attached hydrogens (tertiary/aromatic N) is 1. The molecule has 1 N–H and O–H groups in total. The highest BCUT2D eigenvalue weighted by atomic mass is 16.5. The third kappa shape index (κ3) is 1.80. The van der Waals surface area contributed by atoms with Gasteiger partial charge in [-0.05, 0) is 24.3 Å². The second-order valence-corrected chi connectivity index (χ2v) is 4.28. The normalized spacial score (nSPS) is 10.7. The molecule has 20 heavy (non-hydrogen) atoms. The van der Waals surface area contributed by atoms with Crippen molar-refractivity contribution in [2.75, 3.05) is 7.11 Å². The first-order chi connectivity index (χ1) is 9.72. The summed E-state index contributed by atoms with van der Waals surface area (Å²) in [6.07, 6.45) is 0. The van der Waals surface area contributed by atoms with Crippen molar-refractivity contribution < 1.29 is 4.74 Å². The third-order valence-electron chi connectivity index (χ3n) is 3.14. The minimum Gasteiger partial charge on any atom is -0.495 e. The zero-order chi connectivity index (χ0) is 14.1. The van der Waals surface area contributed by atoms with Gasteiger partial charge in [-0.15, -0.1) is 0 Å². The molecule has 0 aliphatic rings. The number of para-hydroxylation sites is 3. The Hall–Kier alpha value is -2.82. The fourth-order valence-electron chi connectivity index (χ4n) is 2.24. The molecule has 5 heteroatoms. The van der Waals surface area contributed by atoms with Gasteiger partial charge in [0, 0.05) is 0 Å². The molecular weight excluding hydrogens is 256 g/mol. The number of hydrogen-bond acceptors (Lipinski definition) is 3. The van der Waals surface area contributed by atoms with E-state index in [9.17, 15) is 9.59 Å². The molecule has 0 radical (unpaired) electrons. The predicted molar refractivity (Wildman–Crippen MR) is 76.7 cm³/mol. The van der Waals surface area contributed by atoms with Gasteiger partial charge in [0.1, 0.15) is 5.75 Å².